The van der Waals surface area contributed by atoms with E-state index in [2.05, 4.69) is 23.8 Å². The fraction of sp³-hybridized carbons (Fsp3) is 0.375. The van der Waals surface area contributed by atoms with Crippen LogP contribution in [0, 0.1) is 6.92 Å². The van der Waals surface area contributed by atoms with Crippen LogP contribution in [0.5, 0.6) is 5.75 Å². The summed E-state index contributed by atoms with van der Waals surface area (Å²) in [4.78, 5) is 8.98. The minimum Gasteiger partial charge on any atom is -0.494 e. The van der Waals surface area contributed by atoms with Gasteiger partial charge in [-0.1, -0.05) is 25.4 Å². The normalized spacial score (nSPS) is 10.9. The first-order chi connectivity index (χ1) is 9.52. The average Bonchev–Trinajstić information content (AvgIpc) is 2.38. The Balaban J connectivity index is 2.38. The molecule has 4 heteroatoms. The Kier molecular flexibility index (Phi) is 4.61. The van der Waals surface area contributed by atoms with Crippen molar-refractivity contribution in [3.05, 3.63) is 40.7 Å². The van der Waals surface area contributed by atoms with Crippen LogP contribution in [0.3, 0.4) is 0 Å². The first kappa shape index (κ1) is 14.8. The molecule has 0 atom stereocenters. The SMILES string of the molecule is CCOc1ccc(-c2nc(C)c(C(C)C)c(Cl)n2)cc1. The molecule has 3 nitrogen and oxygen atoms in total. The fourth-order valence-electron chi connectivity index (χ4n) is 2.20. The summed E-state index contributed by atoms with van der Waals surface area (Å²) in [6.07, 6.45) is 0. The Labute approximate surface area is 125 Å². The molecule has 0 amide bonds. The van der Waals surface area contributed by atoms with Gasteiger partial charge in [0.15, 0.2) is 5.82 Å². The van der Waals surface area contributed by atoms with Crippen LogP contribution in [0.2, 0.25) is 5.15 Å². The molecule has 0 spiro atoms. The van der Waals surface area contributed by atoms with Crippen LogP contribution in [-0.2, 0) is 0 Å². The first-order valence-electron chi connectivity index (χ1n) is 6.80. The molecular weight excluding hydrogens is 272 g/mol. The zero-order valence-electron chi connectivity index (χ0n) is 12.3. The van der Waals surface area contributed by atoms with Crippen molar-refractivity contribution in [2.75, 3.05) is 6.61 Å². The summed E-state index contributed by atoms with van der Waals surface area (Å²) in [6, 6.07) is 7.74. The zero-order chi connectivity index (χ0) is 14.7. The van der Waals surface area contributed by atoms with Gasteiger partial charge in [-0.25, -0.2) is 9.97 Å². The van der Waals surface area contributed by atoms with E-state index in [1.807, 2.05) is 38.1 Å². The van der Waals surface area contributed by atoms with E-state index in [4.69, 9.17) is 16.3 Å². The van der Waals surface area contributed by atoms with E-state index in [0.717, 1.165) is 22.6 Å². The Bertz CT molecular complexity index is 571. The van der Waals surface area contributed by atoms with E-state index in [0.29, 0.717) is 23.5 Å². The summed E-state index contributed by atoms with van der Waals surface area (Å²) in [7, 11) is 0. The fourth-order valence-corrected chi connectivity index (χ4v) is 2.63. The summed E-state index contributed by atoms with van der Waals surface area (Å²) < 4.78 is 5.43. The molecular formula is C16H19ClN2O. The number of hydrogen-bond donors (Lipinski definition) is 0. The molecule has 0 saturated heterocycles. The van der Waals surface area contributed by atoms with Crippen molar-refractivity contribution in [3.8, 4) is 17.1 Å². The quantitative estimate of drug-likeness (QED) is 0.770. The van der Waals surface area contributed by atoms with Crippen molar-refractivity contribution in [2.45, 2.75) is 33.6 Å². The van der Waals surface area contributed by atoms with E-state index in [1.54, 1.807) is 0 Å². The van der Waals surface area contributed by atoms with Crippen LogP contribution >= 0.6 is 11.6 Å². The molecule has 0 saturated carbocycles. The van der Waals surface area contributed by atoms with Crippen molar-refractivity contribution in [1.29, 1.82) is 0 Å². The molecule has 0 N–H and O–H groups in total. The second-order valence-corrected chi connectivity index (χ2v) is 5.31. The van der Waals surface area contributed by atoms with Gasteiger partial charge in [0.25, 0.3) is 0 Å². The summed E-state index contributed by atoms with van der Waals surface area (Å²) in [5.74, 6) is 1.81. The number of ether oxygens (including phenoxy) is 1. The van der Waals surface area contributed by atoms with E-state index >= 15 is 0 Å². The number of aryl methyl sites for hydroxylation is 1. The molecule has 106 valence electrons. The van der Waals surface area contributed by atoms with Gasteiger partial charge in [0.1, 0.15) is 10.9 Å². The van der Waals surface area contributed by atoms with Gasteiger partial charge in [-0.15, -0.1) is 0 Å². The van der Waals surface area contributed by atoms with Crippen LogP contribution in [0.4, 0.5) is 0 Å². The maximum Gasteiger partial charge on any atom is 0.161 e. The van der Waals surface area contributed by atoms with Gasteiger partial charge in [-0.3, -0.25) is 0 Å². The number of aromatic nitrogens is 2. The topological polar surface area (TPSA) is 35.0 Å². The summed E-state index contributed by atoms with van der Waals surface area (Å²) in [5, 5.41) is 0.538. The summed E-state index contributed by atoms with van der Waals surface area (Å²) in [5.41, 5.74) is 2.89. The third-order valence-corrected chi connectivity index (χ3v) is 3.38. The molecule has 2 rings (SSSR count). The standard InChI is InChI=1S/C16H19ClN2O/c1-5-20-13-8-6-12(7-9-13)16-18-11(4)14(10(2)3)15(17)19-16/h6-10H,5H2,1-4H3. The highest BCUT2D eigenvalue weighted by Crippen LogP contribution is 2.28. The van der Waals surface area contributed by atoms with Crippen molar-refractivity contribution in [2.24, 2.45) is 0 Å². The molecule has 20 heavy (non-hydrogen) atoms. The number of rotatable bonds is 4. The minimum absolute atomic E-state index is 0.317. The second-order valence-electron chi connectivity index (χ2n) is 4.95. The monoisotopic (exact) mass is 290 g/mol. The van der Waals surface area contributed by atoms with Crippen molar-refractivity contribution >= 4 is 11.6 Å². The van der Waals surface area contributed by atoms with Gasteiger partial charge >= 0.3 is 0 Å². The smallest absolute Gasteiger partial charge is 0.161 e. The Morgan fingerprint density at radius 2 is 1.80 bits per heavy atom. The Hall–Kier alpha value is -1.61. The molecule has 0 fully saturated rings. The van der Waals surface area contributed by atoms with Crippen LogP contribution < -0.4 is 4.74 Å². The largest absolute Gasteiger partial charge is 0.494 e. The molecule has 0 aliphatic heterocycles. The third-order valence-electron chi connectivity index (χ3n) is 3.09. The molecule has 0 aliphatic carbocycles. The van der Waals surface area contributed by atoms with E-state index in [9.17, 15) is 0 Å². The van der Waals surface area contributed by atoms with E-state index in [1.165, 1.54) is 0 Å². The van der Waals surface area contributed by atoms with Crippen molar-refractivity contribution in [3.63, 3.8) is 0 Å². The maximum atomic E-state index is 6.28. The zero-order valence-corrected chi connectivity index (χ0v) is 13.0. The van der Waals surface area contributed by atoms with Crippen LogP contribution in [-0.4, -0.2) is 16.6 Å². The predicted octanol–water partition coefficient (Wildman–Crippen LogP) is 4.63. The maximum absolute atomic E-state index is 6.28. The Morgan fingerprint density at radius 1 is 1.15 bits per heavy atom. The van der Waals surface area contributed by atoms with Gasteiger partial charge < -0.3 is 4.74 Å². The highest BCUT2D eigenvalue weighted by atomic mass is 35.5. The van der Waals surface area contributed by atoms with E-state index < -0.39 is 0 Å². The number of halogens is 1. The van der Waals surface area contributed by atoms with Gasteiger partial charge in [0, 0.05) is 16.8 Å². The van der Waals surface area contributed by atoms with Gasteiger partial charge in [-0.05, 0) is 44.0 Å². The minimum atomic E-state index is 0.317. The number of nitrogens with zero attached hydrogens (tertiary/aromatic N) is 2. The lowest BCUT2D eigenvalue weighted by Gasteiger charge is -2.12. The molecule has 1 aromatic carbocycles. The molecule has 0 bridgehead atoms. The molecule has 0 aliphatic rings. The first-order valence-corrected chi connectivity index (χ1v) is 7.18. The number of hydrogen-bond acceptors (Lipinski definition) is 3. The molecule has 2 aromatic rings. The van der Waals surface area contributed by atoms with E-state index in [-0.39, 0.29) is 0 Å². The molecule has 0 radical (unpaired) electrons. The van der Waals surface area contributed by atoms with Crippen LogP contribution in [0.15, 0.2) is 24.3 Å². The summed E-state index contributed by atoms with van der Waals surface area (Å²) >= 11 is 6.28. The third kappa shape index (κ3) is 3.10. The average molecular weight is 291 g/mol. The van der Waals surface area contributed by atoms with Crippen LogP contribution in [0.25, 0.3) is 11.4 Å². The molecule has 1 aromatic heterocycles. The highest BCUT2D eigenvalue weighted by molar-refractivity contribution is 6.30. The van der Waals surface area contributed by atoms with Gasteiger partial charge in [0.2, 0.25) is 0 Å². The second kappa shape index (κ2) is 6.23. The van der Waals surface area contributed by atoms with Gasteiger partial charge in [-0.2, -0.15) is 0 Å². The van der Waals surface area contributed by atoms with Crippen molar-refractivity contribution < 1.29 is 4.74 Å². The lowest BCUT2D eigenvalue weighted by Crippen LogP contribution is -2.02. The predicted molar refractivity (Wildman–Crippen MR) is 82.5 cm³/mol. The lowest BCUT2D eigenvalue weighted by atomic mass is 10.0. The van der Waals surface area contributed by atoms with Gasteiger partial charge in [0.05, 0.1) is 6.61 Å². The number of benzene rings is 1. The Morgan fingerprint density at radius 3 is 2.30 bits per heavy atom. The van der Waals surface area contributed by atoms with Crippen LogP contribution in [0.1, 0.15) is 37.9 Å². The molecule has 0 unspecified atom stereocenters. The molecule has 1 heterocycles. The highest BCUT2D eigenvalue weighted by Gasteiger charge is 2.14. The lowest BCUT2D eigenvalue weighted by molar-refractivity contribution is 0.340. The van der Waals surface area contributed by atoms with Crippen molar-refractivity contribution in [1.82, 2.24) is 9.97 Å². The summed E-state index contributed by atoms with van der Waals surface area (Å²) in [6.45, 7) is 8.78.